The molecule has 1 amide bonds. The van der Waals surface area contributed by atoms with Gasteiger partial charge in [0.05, 0.1) is 6.61 Å². The summed E-state index contributed by atoms with van der Waals surface area (Å²) in [5.41, 5.74) is 5.62. The minimum absolute atomic E-state index is 0.0318. The fraction of sp³-hybridized carbons (Fsp3) is 0.929. The van der Waals surface area contributed by atoms with E-state index in [0.717, 1.165) is 25.9 Å². The maximum atomic E-state index is 12.3. The van der Waals surface area contributed by atoms with Crippen molar-refractivity contribution in [1.82, 2.24) is 9.80 Å². The van der Waals surface area contributed by atoms with Gasteiger partial charge in [-0.1, -0.05) is 0 Å². The molecule has 1 aliphatic heterocycles. The van der Waals surface area contributed by atoms with E-state index in [4.69, 9.17) is 10.8 Å². The molecule has 19 heavy (non-hydrogen) atoms. The molecule has 0 aromatic heterocycles. The van der Waals surface area contributed by atoms with Crippen molar-refractivity contribution < 1.29 is 9.90 Å². The van der Waals surface area contributed by atoms with Crippen molar-refractivity contribution in [2.45, 2.75) is 51.1 Å². The van der Waals surface area contributed by atoms with Crippen molar-refractivity contribution in [3.63, 3.8) is 0 Å². The molecule has 0 aromatic carbocycles. The molecule has 1 rings (SSSR count). The fourth-order valence-corrected chi connectivity index (χ4v) is 2.50. The predicted octanol–water partition coefficient (Wildman–Crippen LogP) is 0.419. The number of hydrogen-bond donors (Lipinski definition) is 2. The van der Waals surface area contributed by atoms with E-state index < -0.39 is 0 Å². The second-order valence-corrected chi connectivity index (χ2v) is 6.33. The molecule has 5 heteroatoms. The molecule has 1 saturated heterocycles. The number of amides is 1. The number of carbonyl (C=O) groups excluding carboxylic acids is 1. The van der Waals surface area contributed by atoms with Crippen molar-refractivity contribution >= 4 is 5.91 Å². The molecule has 0 aromatic rings. The summed E-state index contributed by atoms with van der Waals surface area (Å²) in [4.78, 5) is 16.4. The smallest absolute Gasteiger partial charge is 0.222 e. The molecule has 0 bridgehead atoms. The molecule has 3 N–H and O–H groups in total. The van der Waals surface area contributed by atoms with Crippen LogP contribution in [-0.4, -0.2) is 65.7 Å². The first-order valence-corrected chi connectivity index (χ1v) is 7.21. The topological polar surface area (TPSA) is 69.8 Å². The van der Waals surface area contributed by atoms with Crippen molar-refractivity contribution in [2.75, 3.05) is 33.3 Å². The van der Waals surface area contributed by atoms with Crippen LogP contribution in [0.3, 0.4) is 0 Å². The lowest BCUT2D eigenvalue weighted by atomic mass is 9.98. The van der Waals surface area contributed by atoms with E-state index in [-0.39, 0.29) is 24.1 Å². The summed E-state index contributed by atoms with van der Waals surface area (Å²) in [5.74, 6) is 0.127. The Morgan fingerprint density at radius 1 is 1.42 bits per heavy atom. The van der Waals surface area contributed by atoms with Gasteiger partial charge in [-0.2, -0.15) is 0 Å². The van der Waals surface area contributed by atoms with Gasteiger partial charge in [-0.25, -0.2) is 0 Å². The van der Waals surface area contributed by atoms with Gasteiger partial charge in [-0.15, -0.1) is 0 Å². The van der Waals surface area contributed by atoms with Crippen molar-refractivity contribution in [2.24, 2.45) is 5.73 Å². The van der Waals surface area contributed by atoms with E-state index in [0.29, 0.717) is 19.4 Å². The third-order valence-electron chi connectivity index (χ3n) is 3.77. The standard InChI is InChI=1S/C14H29N3O2/c1-14(2,15)7-4-13(19)17(10-11-18)12-5-8-16(3)9-6-12/h12,18H,4-11,15H2,1-3H3. The number of nitrogens with two attached hydrogens (primary N) is 1. The van der Waals surface area contributed by atoms with Crippen LogP contribution < -0.4 is 5.73 Å². The Balaban J connectivity index is 2.53. The van der Waals surface area contributed by atoms with Crippen LogP contribution in [0.1, 0.15) is 39.5 Å². The summed E-state index contributed by atoms with van der Waals surface area (Å²) < 4.78 is 0. The van der Waals surface area contributed by atoms with Crippen LogP contribution >= 0.6 is 0 Å². The summed E-state index contributed by atoms with van der Waals surface area (Å²) in [6.07, 6.45) is 3.14. The zero-order valence-electron chi connectivity index (χ0n) is 12.6. The quantitative estimate of drug-likeness (QED) is 0.734. The fourth-order valence-electron chi connectivity index (χ4n) is 2.50. The highest BCUT2D eigenvalue weighted by Crippen LogP contribution is 2.18. The van der Waals surface area contributed by atoms with E-state index in [2.05, 4.69) is 11.9 Å². The van der Waals surface area contributed by atoms with Crippen LogP contribution in [0.4, 0.5) is 0 Å². The first-order chi connectivity index (χ1) is 8.83. The summed E-state index contributed by atoms with van der Waals surface area (Å²) in [6, 6.07) is 0.275. The highest BCUT2D eigenvalue weighted by Gasteiger charge is 2.27. The van der Waals surface area contributed by atoms with Crippen molar-refractivity contribution in [1.29, 1.82) is 0 Å². The van der Waals surface area contributed by atoms with Gasteiger partial charge in [0.2, 0.25) is 5.91 Å². The van der Waals surface area contributed by atoms with Crippen LogP contribution in [0, 0.1) is 0 Å². The average molecular weight is 271 g/mol. The minimum Gasteiger partial charge on any atom is -0.395 e. The molecule has 1 fully saturated rings. The summed E-state index contributed by atoms with van der Waals surface area (Å²) in [6.45, 7) is 6.38. The highest BCUT2D eigenvalue weighted by atomic mass is 16.3. The Hall–Kier alpha value is -0.650. The van der Waals surface area contributed by atoms with E-state index in [1.165, 1.54) is 0 Å². The lowest BCUT2D eigenvalue weighted by Crippen LogP contribution is -2.48. The summed E-state index contributed by atoms with van der Waals surface area (Å²) in [7, 11) is 2.10. The van der Waals surface area contributed by atoms with Crippen molar-refractivity contribution in [3.8, 4) is 0 Å². The second-order valence-electron chi connectivity index (χ2n) is 6.33. The first-order valence-electron chi connectivity index (χ1n) is 7.21. The largest absolute Gasteiger partial charge is 0.395 e. The molecule has 0 saturated carbocycles. The molecular formula is C14H29N3O2. The van der Waals surface area contributed by atoms with Crippen molar-refractivity contribution in [3.05, 3.63) is 0 Å². The Labute approximate surface area is 116 Å². The number of carbonyl (C=O) groups is 1. The van der Waals surface area contributed by atoms with Gasteiger partial charge >= 0.3 is 0 Å². The number of piperidine rings is 1. The molecule has 0 spiro atoms. The van der Waals surface area contributed by atoms with Crippen LogP contribution in [0.2, 0.25) is 0 Å². The third kappa shape index (κ3) is 5.89. The Kier molecular flexibility index (Phi) is 6.23. The Morgan fingerprint density at radius 2 is 2.00 bits per heavy atom. The zero-order valence-corrected chi connectivity index (χ0v) is 12.6. The van der Waals surface area contributed by atoms with Gasteiger partial charge in [-0.05, 0) is 53.2 Å². The third-order valence-corrected chi connectivity index (χ3v) is 3.77. The first kappa shape index (κ1) is 16.4. The van der Waals surface area contributed by atoms with Crippen LogP contribution in [0.5, 0.6) is 0 Å². The minimum atomic E-state index is -0.312. The van der Waals surface area contributed by atoms with Crippen LogP contribution in [-0.2, 0) is 4.79 Å². The molecular weight excluding hydrogens is 242 g/mol. The molecule has 0 atom stereocenters. The van der Waals surface area contributed by atoms with E-state index in [1.807, 2.05) is 18.7 Å². The number of hydrogen-bond acceptors (Lipinski definition) is 4. The van der Waals surface area contributed by atoms with Crippen LogP contribution in [0.15, 0.2) is 0 Å². The predicted molar refractivity (Wildman–Crippen MR) is 76.8 cm³/mol. The maximum Gasteiger partial charge on any atom is 0.222 e. The van der Waals surface area contributed by atoms with Gasteiger partial charge in [0.25, 0.3) is 0 Å². The SMILES string of the molecule is CN1CCC(N(CCO)C(=O)CCC(C)(C)N)CC1. The molecule has 0 radical (unpaired) electrons. The maximum absolute atomic E-state index is 12.3. The number of aliphatic hydroxyl groups excluding tert-OH is 1. The zero-order chi connectivity index (χ0) is 14.5. The Morgan fingerprint density at radius 3 is 2.47 bits per heavy atom. The van der Waals surface area contributed by atoms with Gasteiger partial charge in [-0.3, -0.25) is 4.79 Å². The summed E-state index contributed by atoms with van der Waals surface area (Å²) >= 11 is 0. The molecule has 112 valence electrons. The molecule has 5 nitrogen and oxygen atoms in total. The number of rotatable bonds is 6. The van der Waals surface area contributed by atoms with Gasteiger partial charge in [0, 0.05) is 24.5 Å². The molecule has 1 aliphatic rings. The number of aliphatic hydroxyl groups is 1. The molecule has 0 unspecified atom stereocenters. The number of nitrogens with zero attached hydrogens (tertiary/aromatic N) is 2. The molecule has 1 heterocycles. The average Bonchev–Trinajstić information content (AvgIpc) is 2.33. The lowest BCUT2D eigenvalue weighted by molar-refractivity contribution is -0.135. The highest BCUT2D eigenvalue weighted by molar-refractivity contribution is 5.76. The van der Waals surface area contributed by atoms with Crippen LogP contribution in [0.25, 0.3) is 0 Å². The second kappa shape index (κ2) is 7.22. The van der Waals surface area contributed by atoms with E-state index >= 15 is 0 Å². The number of likely N-dealkylation sites (tertiary alicyclic amines) is 1. The molecule has 0 aliphatic carbocycles. The summed E-state index contributed by atoms with van der Waals surface area (Å²) in [5, 5.41) is 9.17. The van der Waals surface area contributed by atoms with Gasteiger partial charge in [0.15, 0.2) is 0 Å². The van der Waals surface area contributed by atoms with Gasteiger partial charge in [0.1, 0.15) is 0 Å². The van der Waals surface area contributed by atoms with Gasteiger partial charge < -0.3 is 20.6 Å². The van der Waals surface area contributed by atoms with E-state index in [9.17, 15) is 4.79 Å². The monoisotopic (exact) mass is 271 g/mol. The van der Waals surface area contributed by atoms with E-state index in [1.54, 1.807) is 0 Å². The Bertz CT molecular complexity index is 281. The lowest BCUT2D eigenvalue weighted by Gasteiger charge is -2.37. The normalized spacial score (nSPS) is 18.6.